The van der Waals surface area contributed by atoms with Crippen molar-refractivity contribution >= 4 is 11.3 Å². The lowest BCUT2D eigenvalue weighted by Gasteiger charge is -2.22. The van der Waals surface area contributed by atoms with Crippen LogP contribution in [0, 0.1) is 0 Å². The first-order valence-electron chi connectivity index (χ1n) is 8.16. The van der Waals surface area contributed by atoms with Crippen molar-refractivity contribution in [2.45, 2.75) is 31.7 Å². The summed E-state index contributed by atoms with van der Waals surface area (Å²) in [5.41, 5.74) is 2.86. The van der Waals surface area contributed by atoms with Crippen LogP contribution in [0.3, 0.4) is 0 Å². The largest absolute Gasteiger partial charge is 0.379 e. The second-order valence-corrected chi connectivity index (χ2v) is 7.49. The molecule has 4 rings (SSSR count). The molecule has 3 heterocycles. The quantitative estimate of drug-likeness (QED) is 0.727. The van der Waals surface area contributed by atoms with Gasteiger partial charge in [-0.1, -0.05) is 35.5 Å². The third-order valence-corrected chi connectivity index (χ3v) is 5.75. The van der Waals surface area contributed by atoms with Gasteiger partial charge in [-0.25, -0.2) is 9.67 Å². The molecular weight excluding hydrogens is 320 g/mol. The maximum atomic E-state index is 5.42. The molecule has 0 radical (unpaired) electrons. The zero-order valence-corrected chi connectivity index (χ0v) is 14.7. The molecule has 0 unspecified atom stereocenters. The molecule has 2 aromatic heterocycles. The molecule has 1 aromatic carbocycles. The molecule has 0 aliphatic carbocycles. The van der Waals surface area contributed by atoms with E-state index in [0.717, 1.165) is 29.4 Å². The average Bonchev–Trinajstić information content (AvgIpc) is 3.34. The van der Waals surface area contributed by atoms with Crippen molar-refractivity contribution in [3.05, 3.63) is 52.5 Å². The first-order valence-corrected chi connectivity index (χ1v) is 9.04. The predicted molar refractivity (Wildman–Crippen MR) is 94.2 cm³/mol. The second kappa shape index (κ2) is 6.11. The molecule has 1 fully saturated rings. The van der Waals surface area contributed by atoms with E-state index in [1.165, 1.54) is 5.56 Å². The number of benzene rings is 1. The molecule has 124 valence electrons. The van der Waals surface area contributed by atoms with Crippen molar-refractivity contribution in [3.63, 3.8) is 0 Å². The lowest BCUT2D eigenvalue weighted by molar-refractivity contribution is 0.184. The number of ether oxygens (including phenoxy) is 1. The number of rotatable bonds is 4. The highest BCUT2D eigenvalue weighted by Gasteiger charge is 2.27. The molecule has 5 nitrogen and oxygen atoms in total. The Kier molecular flexibility index (Phi) is 3.94. The maximum Gasteiger partial charge on any atom is 0.132 e. The van der Waals surface area contributed by atoms with E-state index in [9.17, 15) is 0 Å². The summed E-state index contributed by atoms with van der Waals surface area (Å²) in [6.07, 6.45) is 2.97. The molecule has 0 saturated carbocycles. The average molecular weight is 340 g/mol. The van der Waals surface area contributed by atoms with Crippen LogP contribution in [0.2, 0.25) is 0 Å². The second-order valence-electron chi connectivity index (χ2n) is 6.63. The van der Waals surface area contributed by atoms with Gasteiger partial charge in [0.15, 0.2) is 0 Å². The zero-order chi connectivity index (χ0) is 16.6. The lowest BCUT2D eigenvalue weighted by Crippen LogP contribution is -2.18. The van der Waals surface area contributed by atoms with Gasteiger partial charge in [0.2, 0.25) is 0 Å². The van der Waals surface area contributed by atoms with Crippen LogP contribution in [0.4, 0.5) is 0 Å². The number of hydrogen-bond acceptors (Lipinski definition) is 5. The summed E-state index contributed by atoms with van der Waals surface area (Å²) < 4.78 is 7.33. The Bertz CT molecular complexity index is 818. The molecule has 3 aromatic rings. The van der Waals surface area contributed by atoms with Gasteiger partial charge in [0.25, 0.3) is 0 Å². The van der Waals surface area contributed by atoms with Crippen LogP contribution < -0.4 is 0 Å². The molecule has 1 aliphatic rings. The summed E-state index contributed by atoms with van der Waals surface area (Å²) in [5, 5.41) is 11.7. The van der Waals surface area contributed by atoms with Crippen molar-refractivity contribution in [2.75, 3.05) is 13.2 Å². The summed E-state index contributed by atoms with van der Waals surface area (Å²) in [4.78, 5) is 4.84. The first kappa shape index (κ1) is 15.5. The summed E-state index contributed by atoms with van der Waals surface area (Å²) in [6.45, 7) is 5.92. The van der Waals surface area contributed by atoms with Gasteiger partial charge < -0.3 is 4.74 Å². The van der Waals surface area contributed by atoms with Gasteiger partial charge >= 0.3 is 0 Å². The van der Waals surface area contributed by atoms with Crippen molar-refractivity contribution in [3.8, 4) is 11.4 Å². The molecule has 0 spiro atoms. The number of nitrogens with zero attached hydrogens (tertiary/aromatic N) is 4. The van der Waals surface area contributed by atoms with Crippen LogP contribution in [0.25, 0.3) is 11.4 Å². The van der Waals surface area contributed by atoms with E-state index < -0.39 is 0 Å². The van der Waals surface area contributed by atoms with Crippen molar-refractivity contribution in [1.82, 2.24) is 20.0 Å². The Hall–Kier alpha value is -2.05. The normalized spacial score (nSPS) is 18.2. The number of thiazole rings is 1. The Morgan fingerprint density at radius 3 is 2.79 bits per heavy atom. The topological polar surface area (TPSA) is 52.8 Å². The Morgan fingerprint density at radius 1 is 1.21 bits per heavy atom. The third kappa shape index (κ3) is 2.76. The van der Waals surface area contributed by atoms with E-state index in [4.69, 9.17) is 9.72 Å². The van der Waals surface area contributed by atoms with Crippen molar-refractivity contribution < 1.29 is 4.74 Å². The molecule has 24 heavy (non-hydrogen) atoms. The molecule has 6 heteroatoms. The van der Waals surface area contributed by atoms with Crippen molar-refractivity contribution in [1.29, 1.82) is 0 Å². The monoisotopic (exact) mass is 340 g/mol. The highest BCUT2D eigenvalue weighted by molar-refractivity contribution is 7.10. The minimum absolute atomic E-state index is 0.126. The molecular formula is C18H20N4OS. The molecule has 0 amide bonds. The van der Waals surface area contributed by atoms with E-state index in [0.29, 0.717) is 12.6 Å². The fraction of sp³-hybridized carbons (Fsp3) is 0.389. The summed E-state index contributed by atoms with van der Waals surface area (Å²) in [6, 6.07) is 10.8. The standard InChI is InChI=1S/C18H20N4OS/c1-18(2,13-6-4-3-5-7-13)17-19-16(12-24-17)15-10-22(21-20-15)14-8-9-23-11-14/h3-7,10,12,14H,8-9,11H2,1-2H3/t14-/m1/s1. The van der Waals surface area contributed by atoms with Gasteiger partial charge in [-0.05, 0) is 25.8 Å². The lowest BCUT2D eigenvalue weighted by atomic mass is 9.85. The van der Waals surface area contributed by atoms with Gasteiger partial charge in [-0.3, -0.25) is 0 Å². The van der Waals surface area contributed by atoms with Gasteiger partial charge in [-0.2, -0.15) is 0 Å². The molecule has 0 bridgehead atoms. The minimum atomic E-state index is -0.126. The van der Waals surface area contributed by atoms with E-state index >= 15 is 0 Å². The van der Waals surface area contributed by atoms with Crippen molar-refractivity contribution in [2.24, 2.45) is 0 Å². The number of aromatic nitrogens is 4. The number of hydrogen-bond donors (Lipinski definition) is 0. The highest BCUT2D eigenvalue weighted by Crippen LogP contribution is 2.35. The van der Waals surface area contributed by atoms with Crippen LogP contribution in [-0.2, 0) is 10.2 Å². The molecule has 0 N–H and O–H groups in total. The molecule has 1 saturated heterocycles. The van der Waals surface area contributed by atoms with Gasteiger partial charge in [0.1, 0.15) is 16.4 Å². The third-order valence-electron chi connectivity index (χ3n) is 4.59. The highest BCUT2D eigenvalue weighted by atomic mass is 32.1. The predicted octanol–water partition coefficient (Wildman–Crippen LogP) is 3.69. The fourth-order valence-corrected chi connectivity index (χ4v) is 3.92. The smallest absolute Gasteiger partial charge is 0.132 e. The van der Waals surface area contributed by atoms with E-state index in [1.54, 1.807) is 11.3 Å². The summed E-state index contributed by atoms with van der Waals surface area (Å²) in [7, 11) is 0. The SMILES string of the molecule is CC(C)(c1ccccc1)c1nc(-c2cn([C@@H]3CCOC3)nn2)cs1. The van der Waals surface area contributed by atoms with Crippen LogP contribution >= 0.6 is 11.3 Å². The Labute approximate surface area is 145 Å². The van der Waals surface area contributed by atoms with Crippen LogP contribution in [-0.4, -0.2) is 33.2 Å². The fourth-order valence-electron chi connectivity index (χ4n) is 2.96. The maximum absolute atomic E-state index is 5.42. The molecule has 1 atom stereocenters. The zero-order valence-electron chi connectivity index (χ0n) is 13.8. The summed E-state index contributed by atoms with van der Waals surface area (Å²) in [5.74, 6) is 0. The van der Waals surface area contributed by atoms with Crippen LogP contribution in [0.15, 0.2) is 41.9 Å². The van der Waals surface area contributed by atoms with E-state index in [1.807, 2.05) is 16.9 Å². The summed E-state index contributed by atoms with van der Waals surface area (Å²) >= 11 is 1.67. The Morgan fingerprint density at radius 2 is 2.04 bits per heavy atom. The van der Waals surface area contributed by atoms with Gasteiger partial charge in [0, 0.05) is 17.4 Å². The minimum Gasteiger partial charge on any atom is -0.379 e. The van der Waals surface area contributed by atoms with E-state index in [-0.39, 0.29) is 5.41 Å². The van der Waals surface area contributed by atoms with Crippen LogP contribution in [0.5, 0.6) is 0 Å². The Balaban J connectivity index is 1.61. The molecule has 1 aliphatic heterocycles. The van der Waals surface area contributed by atoms with Gasteiger partial charge in [0.05, 0.1) is 18.8 Å². The van der Waals surface area contributed by atoms with Crippen LogP contribution in [0.1, 0.15) is 36.9 Å². The van der Waals surface area contributed by atoms with E-state index in [2.05, 4.69) is 53.8 Å². The van der Waals surface area contributed by atoms with Gasteiger partial charge in [-0.15, -0.1) is 16.4 Å². The first-order chi connectivity index (χ1) is 11.6.